The van der Waals surface area contributed by atoms with E-state index in [9.17, 15) is 15.0 Å². The summed E-state index contributed by atoms with van der Waals surface area (Å²) in [6.07, 6.45) is 94.5. The third kappa shape index (κ3) is 62.8. The highest BCUT2D eigenvalue weighted by atomic mass is 16.3. The quantitative estimate of drug-likeness (QED) is 0.0420. The van der Waals surface area contributed by atoms with Crippen molar-refractivity contribution in [2.45, 2.75) is 379 Å². The van der Waals surface area contributed by atoms with E-state index in [0.717, 1.165) is 44.9 Å². The molecule has 0 aromatic heterocycles. The number of aliphatic hydroxyl groups is 2. The Morgan fingerprint density at radius 2 is 0.560 bits per heavy atom. The normalized spacial score (nSPS) is 13.1. The molecule has 0 aliphatic rings. The van der Waals surface area contributed by atoms with Crippen molar-refractivity contribution in [2.75, 3.05) is 6.61 Å². The molecule has 0 bridgehead atoms. The lowest BCUT2D eigenvalue weighted by Crippen LogP contribution is -2.45. The highest BCUT2D eigenvalue weighted by Crippen LogP contribution is 2.18. The number of nitrogens with one attached hydrogen (secondary N) is 1. The van der Waals surface area contributed by atoms with E-state index in [-0.39, 0.29) is 12.5 Å². The second kappa shape index (κ2) is 66.4. The number of carbonyl (C=O) groups is 1. The van der Waals surface area contributed by atoms with Crippen LogP contribution in [0, 0.1) is 0 Å². The van der Waals surface area contributed by atoms with Crippen LogP contribution in [-0.4, -0.2) is 34.9 Å². The summed E-state index contributed by atoms with van der Waals surface area (Å²) >= 11 is 0. The van der Waals surface area contributed by atoms with Crippen LogP contribution in [0.4, 0.5) is 0 Å². The topological polar surface area (TPSA) is 69.6 Å². The zero-order valence-corrected chi connectivity index (χ0v) is 50.8. The minimum absolute atomic E-state index is 0.0723. The van der Waals surface area contributed by atoms with Gasteiger partial charge in [-0.05, 0) is 77.0 Å². The Morgan fingerprint density at radius 3 is 0.853 bits per heavy atom. The molecular formula is C71H133NO3. The number of hydrogen-bond donors (Lipinski definition) is 3. The lowest BCUT2D eigenvalue weighted by Gasteiger charge is -2.19. The Morgan fingerprint density at radius 1 is 0.320 bits per heavy atom. The number of amides is 1. The van der Waals surface area contributed by atoms with Crippen LogP contribution in [0.15, 0.2) is 60.8 Å². The number of rotatable bonds is 63. The third-order valence-corrected chi connectivity index (χ3v) is 15.7. The monoisotopic (exact) mass is 1050 g/mol. The summed E-state index contributed by atoms with van der Waals surface area (Å²) in [5.41, 5.74) is 0. The van der Waals surface area contributed by atoms with Gasteiger partial charge in [0.1, 0.15) is 0 Å². The van der Waals surface area contributed by atoms with Crippen molar-refractivity contribution in [3.8, 4) is 0 Å². The van der Waals surface area contributed by atoms with Crippen LogP contribution in [0.3, 0.4) is 0 Å². The molecule has 75 heavy (non-hydrogen) atoms. The van der Waals surface area contributed by atoms with Gasteiger partial charge in [-0.2, -0.15) is 0 Å². The smallest absolute Gasteiger partial charge is 0.220 e. The average Bonchev–Trinajstić information content (AvgIpc) is 3.41. The Hall–Kier alpha value is -1.91. The fourth-order valence-electron chi connectivity index (χ4n) is 10.5. The fourth-order valence-corrected chi connectivity index (χ4v) is 10.5. The minimum Gasteiger partial charge on any atom is -0.394 e. The predicted molar refractivity (Wildman–Crippen MR) is 336 cm³/mol. The number of unbranched alkanes of at least 4 members (excludes halogenated alkanes) is 48. The first-order valence-electron chi connectivity index (χ1n) is 34.0. The molecule has 4 heteroatoms. The molecule has 0 aromatic carbocycles. The maximum atomic E-state index is 12.5. The molecule has 4 nitrogen and oxygen atoms in total. The van der Waals surface area contributed by atoms with E-state index in [1.165, 1.54) is 302 Å². The first-order chi connectivity index (χ1) is 37.2. The van der Waals surface area contributed by atoms with Crippen molar-refractivity contribution in [1.29, 1.82) is 0 Å². The van der Waals surface area contributed by atoms with Gasteiger partial charge in [0, 0.05) is 6.42 Å². The molecule has 0 spiro atoms. The molecule has 440 valence electrons. The summed E-state index contributed by atoms with van der Waals surface area (Å²) < 4.78 is 0. The Bertz CT molecular complexity index is 1230. The van der Waals surface area contributed by atoms with Gasteiger partial charge in [0.2, 0.25) is 5.91 Å². The number of aliphatic hydroxyl groups excluding tert-OH is 2. The number of allylic oxidation sites excluding steroid dienone is 9. The van der Waals surface area contributed by atoms with Gasteiger partial charge in [0.25, 0.3) is 0 Å². The molecule has 0 saturated heterocycles. The van der Waals surface area contributed by atoms with E-state index in [0.29, 0.717) is 6.42 Å². The van der Waals surface area contributed by atoms with Crippen LogP contribution in [0.1, 0.15) is 367 Å². The fraction of sp³-hybridized carbons (Fsp3) is 0.845. The first kappa shape index (κ1) is 73.1. The predicted octanol–water partition coefficient (Wildman–Crippen LogP) is 23.1. The zero-order chi connectivity index (χ0) is 54.1. The van der Waals surface area contributed by atoms with Gasteiger partial charge in [-0.15, -0.1) is 0 Å². The van der Waals surface area contributed by atoms with E-state index < -0.39 is 12.1 Å². The van der Waals surface area contributed by atoms with Crippen LogP contribution < -0.4 is 5.32 Å². The summed E-state index contributed by atoms with van der Waals surface area (Å²) in [7, 11) is 0. The number of carbonyl (C=O) groups excluding carboxylic acids is 1. The van der Waals surface area contributed by atoms with Crippen molar-refractivity contribution in [3.05, 3.63) is 60.8 Å². The number of hydrogen-bond acceptors (Lipinski definition) is 3. The van der Waals surface area contributed by atoms with Gasteiger partial charge in [-0.25, -0.2) is 0 Å². The minimum atomic E-state index is -0.873. The molecule has 2 unspecified atom stereocenters. The lowest BCUT2D eigenvalue weighted by molar-refractivity contribution is -0.123. The molecular weight excluding hydrogens is 915 g/mol. The van der Waals surface area contributed by atoms with Crippen molar-refractivity contribution in [2.24, 2.45) is 0 Å². The van der Waals surface area contributed by atoms with Gasteiger partial charge in [0.05, 0.1) is 18.8 Å². The molecule has 2 atom stereocenters. The van der Waals surface area contributed by atoms with Crippen molar-refractivity contribution >= 4 is 5.91 Å². The van der Waals surface area contributed by atoms with E-state index in [1.807, 2.05) is 6.08 Å². The molecule has 0 heterocycles. The Balaban J connectivity index is 3.49. The maximum Gasteiger partial charge on any atom is 0.220 e. The van der Waals surface area contributed by atoms with E-state index in [2.05, 4.69) is 67.8 Å². The highest BCUT2D eigenvalue weighted by Gasteiger charge is 2.18. The van der Waals surface area contributed by atoms with Crippen LogP contribution >= 0.6 is 0 Å². The van der Waals surface area contributed by atoms with Gasteiger partial charge in [-0.3, -0.25) is 4.79 Å². The molecule has 0 radical (unpaired) electrons. The molecule has 0 saturated carbocycles. The summed E-state index contributed by atoms with van der Waals surface area (Å²) in [5.74, 6) is -0.0723. The second-order valence-corrected chi connectivity index (χ2v) is 23.2. The molecule has 0 aliphatic carbocycles. The largest absolute Gasteiger partial charge is 0.394 e. The molecule has 1 amide bonds. The van der Waals surface area contributed by atoms with Crippen LogP contribution in [0.2, 0.25) is 0 Å². The van der Waals surface area contributed by atoms with Crippen LogP contribution in [0.5, 0.6) is 0 Å². The van der Waals surface area contributed by atoms with Crippen molar-refractivity contribution in [1.82, 2.24) is 5.32 Å². The average molecular weight is 1050 g/mol. The zero-order valence-electron chi connectivity index (χ0n) is 50.8. The van der Waals surface area contributed by atoms with Crippen molar-refractivity contribution < 1.29 is 15.0 Å². The lowest BCUT2D eigenvalue weighted by atomic mass is 10.0. The summed E-state index contributed by atoms with van der Waals surface area (Å²) in [5, 5.41) is 23.2. The molecule has 0 aromatic rings. The second-order valence-electron chi connectivity index (χ2n) is 23.2. The van der Waals surface area contributed by atoms with Gasteiger partial charge in [-0.1, -0.05) is 344 Å². The summed E-state index contributed by atoms with van der Waals surface area (Å²) in [4.78, 5) is 12.5. The Labute approximate surface area is 470 Å². The van der Waals surface area contributed by atoms with Crippen molar-refractivity contribution in [3.63, 3.8) is 0 Å². The third-order valence-electron chi connectivity index (χ3n) is 15.7. The first-order valence-corrected chi connectivity index (χ1v) is 34.0. The van der Waals surface area contributed by atoms with E-state index in [4.69, 9.17) is 0 Å². The van der Waals surface area contributed by atoms with E-state index >= 15 is 0 Å². The standard InChI is InChI=1S/C71H133NO3/c1-3-5-7-9-11-13-15-17-19-21-23-25-27-29-31-33-35-36-37-39-41-43-45-47-49-51-53-55-57-59-61-63-65-67-71(75)72-69(68-73)70(74)66-64-62-60-58-56-54-52-50-48-46-44-42-40-38-34-32-30-28-26-24-22-20-18-16-14-12-10-8-6-4-2/h15,17,21,23,48,50,56,58,64,66,69-70,73-74H,3-14,16,18-20,22,24-47,49,51-55,57,59-63,65,67-68H2,1-2H3,(H,72,75)/b17-15-,23-21-,50-48+,58-56+,66-64+. The SMILES string of the molecule is CCCCCCC/C=C\C/C=C\CCCCCCCCCCCCCCCCCCCCCCCC(=O)NC(CO)C(O)/C=C/CC/C=C/CC/C=C/CCCCCCCCCCCCCCCCCCCCCC. The highest BCUT2D eigenvalue weighted by molar-refractivity contribution is 5.76. The van der Waals surface area contributed by atoms with Gasteiger partial charge < -0.3 is 15.5 Å². The summed E-state index contributed by atoms with van der Waals surface area (Å²) in [6.45, 7) is 4.32. The molecule has 3 N–H and O–H groups in total. The molecule has 0 rings (SSSR count). The van der Waals surface area contributed by atoms with Crippen LogP contribution in [-0.2, 0) is 4.79 Å². The molecule has 0 fully saturated rings. The van der Waals surface area contributed by atoms with Gasteiger partial charge in [0.15, 0.2) is 0 Å². The van der Waals surface area contributed by atoms with Crippen LogP contribution in [0.25, 0.3) is 0 Å². The Kier molecular flexibility index (Phi) is 64.7. The molecule has 0 aliphatic heterocycles. The summed E-state index contributed by atoms with van der Waals surface area (Å²) in [6, 6.07) is -0.648. The maximum absolute atomic E-state index is 12.5. The van der Waals surface area contributed by atoms with Gasteiger partial charge >= 0.3 is 0 Å². The van der Waals surface area contributed by atoms with E-state index in [1.54, 1.807) is 6.08 Å².